The highest BCUT2D eigenvalue weighted by molar-refractivity contribution is 5.86. The molecule has 6 nitrogen and oxygen atoms in total. The number of hydrogen-bond donors (Lipinski definition) is 1. The van der Waals surface area contributed by atoms with Gasteiger partial charge in [0.15, 0.2) is 6.10 Å². The number of nitrogens with zero attached hydrogens (tertiary/aromatic N) is 2. The van der Waals surface area contributed by atoms with Gasteiger partial charge in [-0.25, -0.2) is 0 Å². The van der Waals surface area contributed by atoms with Crippen molar-refractivity contribution in [2.75, 3.05) is 24.5 Å². The highest BCUT2D eigenvalue weighted by Crippen LogP contribution is 2.33. The molecule has 2 aromatic carbocycles. The first-order valence-electron chi connectivity index (χ1n) is 11.2. The summed E-state index contributed by atoms with van der Waals surface area (Å²) in [6.45, 7) is 7.84. The summed E-state index contributed by atoms with van der Waals surface area (Å²) < 4.78 is 6.00. The summed E-state index contributed by atoms with van der Waals surface area (Å²) in [5, 5.41) is 3.07. The van der Waals surface area contributed by atoms with Gasteiger partial charge in [0, 0.05) is 19.1 Å². The van der Waals surface area contributed by atoms with Crippen LogP contribution in [0.1, 0.15) is 39.2 Å². The number of nitrogens with one attached hydrogen (secondary N) is 1. The van der Waals surface area contributed by atoms with Gasteiger partial charge in [-0.1, -0.05) is 56.3 Å². The van der Waals surface area contributed by atoms with E-state index in [1.54, 1.807) is 0 Å². The maximum atomic E-state index is 13.1. The molecule has 1 heterocycles. The Hall–Kier alpha value is -3.02. The van der Waals surface area contributed by atoms with Gasteiger partial charge in [-0.2, -0.15) is 0 Å². The Balaban J connectivity index is 1.73. The zero-order chi connectivity index (χ0) is 22.2. The van der Waals surface area contributed by atoms with E-state index in [1.807, 2.05) is 71.3 Å². The second-order valence-electron chi connectivity index (χ2n) is 7.87. The van der Waals surface area contributed by atoms with Crippen LogP contribution in [-0.4, -0.2) is 48.5 Å². The Labute approximate surface area is 185 Å². The molecule has 0 bridgehead atoms. The SMILES string of the molecule is CCC(CC)NC(=O)C1CN(CC(=O)N(CC)Cc2ccccc2)c2ccccc2O1. The normalized spacial score (nSPS) is 15.2. The predicted molar refractivity (Wildman–Crippen MR) is 123 cm³/mol. The Morgan fingerprint density at radius 1 is 1.06 bits per heavy atom. The highest BCUT2D eigenvalue weighted by atomic mass is 16.5. The molecule has 2 amide bonds. The van der Waals surface area contributed by atoms with Crippen LogP contribution in [0.4, 0.5) is 5.69 Å². The van der Waals surface area contributed by atoms with E-state index < -0.39 is 6.10 Å². The lowest BCUT2D eigenvalue weighted by atomic mass is 10.1. The van der Waals surface area contributed by atoms with Gasteiger partial charge >= 0.3 is 0 Å². The number of hydrogen-bond acceptors (Lipinski definition) is 4. The summed E-state index contributed by atoms with van der Waals surface area (Å²) in [7, 11) is 0. The van der Waals surface area contributed by atoms with Gasteiger partial charge in [0.1, 0.15) is 5.75 Å². The Morgan fingerprint density at radius 3 is 2.42 bits per heavy atom. The van der Waals surface area contributed by atoms with Crippen LogP contribution in [0.3, 0.4) is 0 Å². The van der Waals surface area contributed by atoms with Gasteiger partial charge in [-0.05, 0) is 37.5 Å². The minimum atomic E-state index is -0.646. The fourth-order valence-electron chi connectivity index (χ4n) is 3.82. The van der Waals surface area contributed by atoms with Crippen molar-refractivity contribution in [3.8, 4) is 5.75 Å². The summed E-state index contributed by atoms with van der Waals surface area (Å²) in [4.78, 5) is 29.8. The number of amides is 2. The number of benzene rings is 2. The number of carbonyl (C=O) groups is 2. The fourth-order valence-corrected chi connectivity index (χ4v) is 3.82. The summed E-state index contributed by atoms with van der Waals surface area (Å²) >= 11 is 0. The fraction of sp³-hybridized carbons (Fsp3) is 0.440. The van der Waals surface area contributed by atoms with Gasteiger partial charge in [-0.3, -0.25) is 9.59 Å². The zero-order valence-electron chi connectivity index (χ0n) is 18.7. The van der Waals surface area contributed by atoms with Crippen molar-refractivity contribution >= 4 is 17.5 Å². The standard InChI is InChI=1S/C25H33N3O3/c1-4-20(5-2)26-25(30)23-17-28(21-14-10-11-15-22(21)31-23)18-24(29)27(6-3)16-19-12-8-7-9-13-19/h7-15,20,23H,4-6,16-18H2,1-3H3,(H,26,30). The van der Waals surface area contributed by atoms with E-state index in [0.717, 1.165) is 24.1 Å². The molecule has 6 heteroatoms. The van der Waals surface area contributed by atoms with Crippen LogP contribution in [-0.2, 0) is 16.1 Å². The van der Waals surface area contributed by atoms with Crippen molar-refractivity contribution in [3.63, 3.8) is 0 Å². The van der Waals surface area contributed by atoms with Gasteiger partial charge < -0.3 is 19.9 Å². The minimum absolute atomic E-state index is 0.0298. The first kappa shape index (κ1) is 22.7. The van der Waals surface area contributed by atoms with E-state index in [9.17, 15) is 9.59 Å². The lowest BCUT2D eigenvalue weighted by molar-refractivity contribution is -0.131. The maximum Gasteiger partial charge on any atom is 0.263 e. The quantitative estimate of drug-likeness (QED) is 0.669. The Kier molecular flexibility index (Phi) is 7.93. The highest BCUT2D eigenvalue weighted by Gasteiger charge is 2.32. The molecule has 1 aliphatic heterocycles. The average Bonchev–Trinajstić information content (AvgIpc) is 2.81. The monoisotopic (exact) mass is 423 g/mol. The van der Waals surface area contributed by atoms with Crippen LogP contribution in [0.25, 0.3) is 0 Å². The van der Waals surface area contributed by atoms with Gasteiger partial charge in [-0.15, -0.1) is 0 Å². The molecule has 1 N–H and O–H groups in total. The van der Waals surface area contributed by atoms with E-state index in [2.05, 4.69) is 19.2 Å². The zero-order valence-corrected chi connectivity index (χ0v) is 18.7. The van der Waals surface area contributed by atoms with Crippen LogP contribution >= 0.6 is 0 Å². The molecule has 3 rings (SSSR count). The number of likely N-dealkylation sites (N-methyl/N-ethyl adjacent to an activating group) is 1. The average molecular weight is 424 g/mol. The molecule has 166 valence electrons. The van der Waals surface area contributed by atoms with E-state index in [-0.39, 0.29) is 24.4 Å². The third-order valence-corrected chi connectivity index (χ3v) is 5.76. The van der Waals surface area contributed by atoms with E-state index in [4.69, 9.17) is 4.74 Å². The Morgan fingerprint density at radius 2 is 1.74 bits per heavy atom. The summed E-state index contributed by atoms with van der Waals surface area (Å²) in [6.07, 6.45) is 1.10. The number of carbonyl (C=O) groups excluding carboxylic acids is 2. The lowest BCUT2D eigenvalue weighted by Gasteiger charge is -2.36. The van der Waals surface area contributed by atoms with Crippen LogP contribution in [0.2, 0.25) is 0 Å². The van der Waals surface area contributed by atoms with Crippen LogP contribution in [0, 0.1) is 0 Å². The van der Waals surface area contributed by atoms with Crippen molar-refractivity contribution in [1.29, 1.82) is 0 Å². The minimum Gasteiger partial charge on any atom is -0.477 e. The van der Waals surface area contributed by atoms with Gasteiger partial charge in [0.05, 0.1) is 18.8 Å². The van der Waals surface area contributed by atoms with Gasteiger partial charge in [0.2, 0.25) is 5.91 Å². The molecule has 0 saturated heterocycles. The number of rotatable bonds is 9. The molecule has 0 radical (unpaired) electrons. The van der Waals surface area contributed by atoms with E-state index in [1.165, 1.54) is 0 Å². The molecule has 0 aliphatic carbocycles. The number of para-hydroxylation sites is 2. The summed E-state index contributed by atoms with van der Waals surface area (Å²) in [6, 6.07) is 17.7. The third-order valence-electron chi connectivity index (χ3n) is 5.76. The molecule has 0 fully saturated rings. The smallest absolute Gasteiger partial charge is 0.263 e. The first-order chi connectivity index (χ1) is 15.0. The number of anilines is 1. The van der Waals surface area contributed by atoms with Crippen molar-refractivity contribution in [1.82, 2.24) is 10.2 Å². The molecule has 1 unspecified atom stereocenters. The first-order valence-corrected chi connectivity index (χ1v) is 11.2. The van der Waals surface area contributed by atoms with Gasteiger partial charge in [0.25, 0.3) is 5.91 Å². The largest absolute Gasteiger partial charge is 0.477 e. The lowest BCUT2D eigenvalue weighted by Crippen LogP contribution is -2.53. The molecule has 0 spiro atoms. The molecule has 0 saturated carbocycles. The maximum absolute atomic E-state index is 13.1. The summed E-state index contributed by atoms with van der Waals surface area (Å²) in [5.74, 6) is 0.539. The second-order valence-corrected chi connectivity index (χ2v) is 7.87. The molecular formula is C25H33N3O3. The molecule has 1 atom stereocenters. The molecule has 31 heavy (non-hydrogen) atoms. The van der Waals surface area contributed by atoms with Crippen molar-refractivity contribution in [2.24, 2.45) is 0 Å². The predicted octanol–water partition coefficient (Wildman–Crippen LogP) is 3.61. The molecule has 2 aromatic rings. The van der Waals surface area contributed by atoms with Crippen LogP contribution in [0.15, 0.2) is 54.6 Å². The molecular weight excluding hydrogens is 390 g/mol. The van der Waals surface area contributed by atoms with Crippen LogP contribution in [0.5, 0.6) is 5.75 Å². The van der Waals surface area contributed by atoms with E-state index in [0.29, 0.717) is 25.4 Å². The summed E-state index contributed by atoms with van der Waals surface area (Å²) in [5.41, 5.74) is 1.95. The van der Waals surface area contributed by atoms with Crippen molar-refractivity contribution in [3.05, 3.63) is 60.2 Å². The van der Waals surface area contributed by atoms with Crippen LogP contribution < -0.4 is 15.0 Å². The topological polar surface area (TPSA) is 61.9 Å². The second kappa shape index (κ2) is 10.8. The van der Waals surface area contributed by atoms with E-state index >= 15 is 0 Å². The van der Waals surface area contributed by atoms with Crippen molar-refractivity contribution < 1.29 is 14.3 Å². The number of ether oxygens (including phenoxy) is 1. The number of fused-ring (bicyclic) bond motifs is 1. The third kappa shape index (κ3) is 5.78. The Bertz CT molecular complexity index is 867. The molecule has 1 aliphatic rings. The van der Waals surface area contributed by atoms with Crippen molar-refractivity contribution in [2.45, 2.75) is 52.3 Å². The molecule has 0 aromatic heterocycles.